The van der Waals surface area contributed by atoms with Crippen LogP contribution in [0.4, 0.5) is 0 Å². The summed E-state index contributed by atoms with van der Waals surface area (Å²) in [6.07, 6.45) is 13.1. The van der Waals surface area contributed by atoms with Crippen molar-refractivity contribution >= 4 is 0 Å². The van der Waals surface area contributed by atoms with Gasteiger partial charge in [0.1, 0.15) is 0 Å². The van der Waals surface area contributed by atoms with E-state index in [9.17, 15) is 5.11 Å². The number of nitrogens with one attached hydrogen (secondary N) is 1. The van der Waals surface area contributed by atoms with E-state index < -0.39 is 0 Å². The van der Waals surface area contributed by atoms with E-state index >= 15 is 0 Å². The van der Waals surface area contributed by atoms with Crippen LogP contribution in [0, 0.1) is 5.41 Å². The molecule has 102 valence electrons. The molecule has 0 aromatic rings. The molecule has 1 aliphatic heterocycles. The highest BCUT2D eigenvalue weighted by Gasteiger charge is 2.43. The van der Waals surface area contributed by atoms with Gasteiger partial charge in [-0.25, -0.2) is 0 Å². The number of hydrogen-bond donors (Lipinski definition) is 2. The average molecular weight is 249 g/mol. The molecule has 2 rings (SSSR count). The summed E-state index contributed by atoms with van der Waals surface area (Å²) < 4.78 is 0. The fourth-order valence-electron chi connectivity index (χ4n) is 3.55. The lowest BCUT2D eigenvalue weighted by Gasteiger charge is -2.46. The summed E-state index contributed by atoms with van der Waals surface area (Å²) in [5.41, 5.74) is 1.31. The van der Waals surface area contributed by atoms with Crippen LogP contribution < -0.4 is 5.32 Å². The Morgan fingerprint density at radius 1 is 1.50 bits per heavy atom. The van der Waals surface area contributed by atoms with Crippen molar-refractivity contribution in [1.82, 2.24) is 5.32 Å². The zero-order valence-electron chi connectivity index (χ0n) is 11.8. The van der Waals surface area contributed by atoms with Crippen molar-refractivity contribution in [3.05, 3.63) is 23.8 Å². The van der Waals surface area contributed by atoms with Gasteiger partial charge in [0.2, 0.25) is 0 Å². The van der Waals surface area contributed by atoms with Gasteiger partial charge in [-0.2, -0.15) is 0 Å². The summed E-state index contributed by atoms with van der Waals surface area (Å²) in [5, 5.41) is 14.3. The fraction of sp³-hybridized carbons (Fsp3) is 0.750. The standard InChI is InChI=1S/C16H27NO/c1-3-7-15(18)16(10-6-8-13(2)12-16)14-9-4-5-11-17-14/h6,8,10,14-15,17-18H,3-5,7,9,11-12H2,1-2H3/t14?,15-,16?/m1/s1. The van der Waals surface area contributed by atoms with E-state index in [1.54, 1.807) is 0 Å². The lowest BCUT2D eigenvalue weighted by molar-refractivity contribution is 0.0156. The molecule has 2 N–H and O–H groups in total. The van der Waals surface area contributed by atoms with Gasteiger partial charge in [-0.15, -0.1) is 0 Å². The summed E-state index contributed by atoms with van der Waals surface area (Å²) in [7, 11) is 0. The molecule has 2 unspecified atom stereocenters. The topological polar surface area (TPSA) is 32.3 Å². The monoisotopic (exact) mass is 249 g/mol. The molecule has 18 heavy (non-hydrogen) atoms. The summed E-state index contributed by atoms with van der Waals surface area (Å²) in [6, 6.07) is 0.438. The molecule has 0 aromatic heterocycles. The van der Waals surface area contributed by atoms with Gasteiger partial charge in [0.15, 0.2) is 0 Å². The van der Waals surface area contributed by atoms with Crippen LogP contribution in [0.5, 0.6) is 0 Å². The van der Waals surface area contributed by atoms with E-state index in [1.165, 1.54) is 24.8 Å². The third-order valence-electron chi connectivity index (χ3n) is 4.51. The zero-order chi connectivity index (χ0) is 13.0. The molecule has 2 nitrogen and oxygen atoms in total. The quantitative estimate of drug-likeness (QED) is 0.802. The maximum Gasteiger partial charge on any atom is 0.0649 e. The van der Waals surface area contributed by atoms with Crippen molar-refractivity contribution in [3.63, 3.8) is 0 Å². The predicted molar refractivity (Wildman–Crippen MR) is 76.5 cm³/mol. The third-order valence-corrected chi connectivity index (χ3v) is 4.51. The molecule has 1 aliphatic carbocycles. The lowest BCUT2D eigenvalue weighted by atomic mass is 9.66. The minimum atomic E-state index is -0.224. The number of allylic oxidation sites excluding steroid dienone is 3. The molecule has 0 spiro atoms. The maximum atomic E-state index is 10.7. The molecule has 3 atom stereocenters. The number of aliphatic hydroxyl groups excluding tert-OH is 1. The van der Waals surface area contributed by atoms with Crippen molar-refractivity contribution in [3.8, 4) is 0 Å². The Hall–Kier alpha value is -0.600. The van der Waals surface area contributed by atoms with Crippen LogP contribution in [0.3, 0.4) is 0 Å². The van der Waals surface area contributed by atoms with Gasteiger partial charge in [-0.3, -0.25) is 0 Å². The predicted octanol–water partition coefficient (Wildman–Crippen LogP) is 3.18. The Kier molecular flexibility index (Phi) is 4.63. The second-order valence-corrected chi connectivity index (χ2v) is 5.97. The normalized spacial score (nSPS) is 34.2. The van der Waals surface area contributed by atoms with Crippen LogP contribution in [-0.2, 0) is 0 Å². The van der Waals surface area contributed by atoms with Gasteiger partial charge < -0.3 is 10.4 Å². The van der Waals surface area contributed by atoms with Crippen molar-refractivity contribution in [1.29, 1.82) is 0 Å². The first-order chi connectivity index (χ1) is 8.69. The van der Waals surface area contributed by atoms with E-state index in [2.05, 4.69) is 37.4 Å². The van der Waals surface area contributed by atoms with E-state index in [0.717, 1.165) is 25.8 Å². The second-order valence-electron chi connectivity index (χ2n) is 5.97. The highest BCUT2D eigenvalue weighted by atomic mass is 16.3. The van der Waals surface area contributed by atoms with Crippen LogP contribution in [-0.4, -0.2) is 23.8 Å². The highest BCUT2D eigenvalue weighted by molar-refractivity contribution is 5.26. The number of piperidine rings is 1. The number of rotatable bonds is 4. The van der Waals surface area contributed by atoms with E-state index in [1.807, 2.05) is 0 Å². The van der Waals surface area contributed by atoms with E-state index in [0.29, 0.717) is 6.04 Å². The van der Waals surface area contributed by atoms with Crippen LogP contribution in [0.25, 0.3) is 0 Å². The molecule has 2 aliphatic rings. The fourth-order valence-corrected chi connectivity index (χ4v) is 3.55. The molecule has 1 fully saturated rings. The van der Waals surface area contributed by atoms with Gasteiger partial charge in [-0.05, 0) is 39.2 Å². The Morgan fingerprint density at radius 2 is 2.33 bits per heavy atom. The Balaban J connectivity index is 2.21. The Labute approximate surface area is 111 Å². The first-order valence-electron chi connectivity index (χ1n) is 7.45. The molecule has 1 saturated heterocycles. The molecule has 1 heterocycles. The van der Waals surface area contributed by atoms with Gasteiger partial charge in [0.25, 0.3) is 0 Å². The van der Waals surface area contributed by atoms with Gasteiger partial charge >= 0.3 is 0 Å². The first-order valence-corrected chi connectivity index (χ1v) is 7.45. The third kappa shape index (κ3) is 2.70. The molecular weight excluding hydrogens is 222 g/mol. The molecule has 0 saturated carbocycles. The van der Waals surface area contributed by atoms with Crippen molar-refractivity contribution in [2.24, 2.45) is 5.41 Å². The Morgan fingerprint density at radius 3 is 2.94 bits per heavy atom. The minimum absolute atomic E-state index is 0.0741. The summed E-state index contributed by atoms with van der Waals surface area (Å²) in [5.74, 6) is 0. The Bertz CT molecular complexity index is 328. The first kappa shape index (κ1) is 13.8. The maximum absolute atomic E-state index is 10.7. The smallest absolute Gasteiger partial charge is 0.0649 e. The molecule has 0 bridgehead atoms. The van der Waals surface area contributed by atoms with Crippen molar-refractivity contribution in [2.45, 2.75) is 64.5 Å². The van der Waals surface area contributed by atoms with Crippen LogP contribution in [0.15, 0.2) is 23.8 Å². The van der Waals surface area contributed by atoms with Crippen molar-refractivity contribution < 1.29 is 5.11 Å². The van der Waals surface area contributed by atoms with Crippen LogP contribution in [0.2, 0.25) is 0 Å². The molecule has 2 heteroatoms. The van der Waals surface area contributed by atoms with Crippen molar-refractivity contribution in [2.75, 3.05) is 6.54 Å². The summed E-state index contributed by atoms with van der Waals surface area (Å²) in [6.45, 7) is 5.43. The van der Waals surface area contributed by atoms with Gasteiger partial charge in [-0.1, -0.05) is 43.6 Å². The minimum Gasteiger partial charge on any atom is -0.392 e. The number of aliphatic hydroxyl groups is 1. The molecule has 0 amide bonds. The number of hydrogen-bond acceptors (Lipinski definition) is 2. The second kappa shape index (κ2) is 6.03. The van der Waals surface area contributed by atoms with Crippen LogP contribution >= 0.6 is 0 Å². The van der Waals surface area contributed by atoms with Gasteiger partial charge in [0.05, 0.1) is 6.10 Å². The largest absolute Gasteiger partial charge is 0.392 e. The summed E-state index contributed by atoms with van der Waals surface area (Å²) in [4.78, 5) is 0. The van der Waals surface area contributed by atoms with E-state index in [-0.39, 0.29) is 11.5 Å². The molecule has 0 aromatic carbocycles. The SMILES string of the molecule is CCC[C@@H](O)C1(C2CCCCN2)C=CC=C(C)C1. The van der Waals surface area contributed by atoms with Crippen LogP contribution in [0.1, 0.15) is 52.4 Å². The lowest BCUT2D eigenvalue weighted by Crippen LogP contribution is -2.53. The summed E-state index contributed by atoms with van der Waals surface area (Å²) >= 11 is 0. The zero-order valence-corrected chi connectivity index (χ0v) is 11.8. The van der Waals surface area contributed by atoms with Gasteiger partial charge in [0, 0.05) is 11.5 Å². The average Bonchev–Trinajstić information content (AvgIpc) is 2.40. The molecular formula is C16H27NO. The van der Waals surface area contributed by atoms with E-state index in [4.69, 9.17) is 0 Å². The molecule has 0 radical (unpaired) electrons. The highest BCUT2D eigenvalue weighted by Crippen LogP contribution is 2.42.